The average Bonchev–Trinajstić information content (AvgIpc) is 2.38. The number of benzene rings is 1. The van der Waals surface area contributed by atoms with Crippen LogP contribution in [0.3, 0.4) is 0 Å². The standard InChI is InChI=1S/C12H18N4O/c13-10-11-5-4-6-12(9-11)17-8-3-1-2-7-15-16-14/h4-6,9H,1-3,7-8,10,13H2. The van der Waals surface area contributed by atoms with Crippen molar-refractivity contribution in [2.75, 3.05) is 13.2 Å². The number of hydrogen-bond donors (Lipinski definition) is 1. The van der Waals surface area contributed by atoms with Gasteiger partial charge in [0.1, 0.15) is 5.75 Å². The maximum atomic E-state index is 8.09. The molecule has 1 aromatic rings. The molecule has 0 bridgehead atoms. The van der Waals surface area contributed by atoms with Gasteiger partial charge < -0.3 is 10.5 Å². The smallest absolute Gasteiger partial charge is 0.119 e. The number of azide groups is 1. The molecule has 0 radical (unpaired) electrons. The molecule has 0 amide bonds. The van der Waals surface area contributed by atoms with Crippen LogP contribution < -0.4 is 10.5 Å². The molecule has 0 aliphatic rings. The molecule has 0 saturated carbocycles. The molecule has 0 unspecified atom stereocenters. The summed E-state index contributed by atoms with van der Waals surface area (Å²) < 4.78 is 5.60. The molecule has 0 aromatic heterocycles. The number of rotatable bonds is 8. The van der Waals surface area contributed by atoms with E-state index >= 15 is 0 Å². The summed E-state index contributed by atoms with van der Waals surface area (Å²) >= 11 is 0. The predicted molar refractivity (Wildman–Crippen MR) is 67.7 cm³/mol. The van der Waals surface area contributed by atoms with Crippen molar-refractivity contribution in [1.29, 1.82) is 0 Å². The fourth-order valence-electron chi connectivity index (χ4n) is 1.46. The molecule has 0 fully saturated rings. The van der Waals surface area contributed by atoms with E-state index in [1.165, 1.54) is 0 Å². The maximum Gasteiger partial charge on any atom is 0.119 e. The van der Waals surface area contributed by atoms with Gasteiger partial charge in [-0.1, -0.05) is 17.2 Å². The Hall–Kier alpha value is -1.71. The summed E-state index contributed by atoms with van der Waals surface area (Å²) in [6.45, 7) is 1.78. The molecule has 0 atom stereocenters. The fraction of sp³-hybridized carbons (Fsp3) is 0.500. The third-order valence-electron chi connectivity index (χ3n) is 2.37. The van der Waals surface area contributed by atoms with Crippen molar-refractivity contribution in [1.82, 2.24) is 0 Å². The van der Waals surface area contributed by atoms with E-state index in [0.29, 0.717) is 19.7 Å². The first-order valence-electron chi connectivity index (χ1n) is 5.79. The summed E-state index contributed by atoms with van der Waals surface area (Å²) in [5.41, 5.74) is 14.7. The van der Waals surface area contributed by atoms with E-state index in [4.69, 9.17) is 16.0 Å². The number of nitrogens with zero attached hydrogens (tertiary/aromatic N) is 3. The molecule has 1 aromatic carbocycles. The van der Waals surface area contributed by atoms with Crippen molar-refractivity contribution in [3.63, 3.8) is 0 Å². The molecular weight excluding hydrogens is 216 g/mol. The summed E-state index contributed by atoms with van der Waals surface area (Å²) in [5.74, 6) is 0.864. The largest absolute Gasteiger partial charge is 0.494 e. The number of unbranched alkanes of at least 4 members (excludes halogenated alkanes) is 2. The predicted octanol–water partition coefficient (Wildman–Crippen LogP) is 3.00. The highest BCUT2D eigenvalue weighted by molar-refractivity contribution is 5.28. The molecule has 0 aliphatic carbocycles. The van der Waals surface area contributed by atoms with Gasteiger partial charge in [0.15, 0.2) is 0 Å². The van der Waals surface area contributed by atoms with Gasteiger partial charge in [-0.25, -0.2) is 0 Å². The first kappa shape index (κ1) is 13.4. The van der Waals surface area contributed by atoms with Crippen molar-refractivity contribution in [3.05, 3.63) is 40.3 Å². The monoisotopic (exact) mass is 234 g/mol. The quantitative estimate of drug-likeness (QED) is 0.324. The van der Waals surface area contributed by atoms with Crippen LogP contribution in [-0.4, -0.2) is 13.2 Å². The summed E-state index contributed by atoms with van der Waals surface area (Å²) in [6.07, 6.45) is 2.89. The van der Waals surface area contributed by atoms with E-state index in [1.54, 1.807) is 0 Å². The van der Waals surface area contributed by atoms with E-state index in [1.807, 2.05) is 24.3 Å². The Labute approximate surface area is 101 Å². The van der Waals surface area contributed by atoms with Gasteiger partial charge >= 0.3 is 0 Å². The topological polar surface area (TPSA) is 84.0 Å². The fourth-order valence-corrected chi connectivity index (χ4v) is 1.46. The zero-order valence-electron chi connectivity index (χ0n) is 9.88. The Morgan fingerprint density at radius 2 is 2.18 bits per heavy atom. The van der Waals surface area contributed by atoms with E-state index in [0.717, 1.165) is 30.6 Å². The number of hydrogen-bond acceptors (Lipinski definition) is 3. The van der Waals surface area contributed by atoms with Crippen LogP contribution in [0.2, 0.25) is 0 Å². The van der Waals surface area contributed by atoms with Crippen LogP contribution in [0, 0.1) is 0 Å². The first-order chi connectivity index (χ1) is 8.36. The van der Waals surface area contributed by atoms with E-state index in [2.05, 4.69) is 10.0 Å². The highest BCUT2D eigenvalue weighted by Gasteiger charge is 1.95. The van der Waals surface area contributed by atoms with Crippen molar-refractivity contribution in [2.24, 2.45) is 10.8 Å². The third kappa shape index (κ3) is 5.80. The first-order valence-corrected chi connectivity index (χ1v) is 5.79. The van der Waals surface area contributed by atoms with E-state index < -0.39 is 0 Å². The Morgan fingerprint density at radius 3 is 2.94 bits per heavy atom. The lowest BCUT2D eigenvalue weighted by Gasteiger charge is -2.06. The lowest BCUT2D eigenvalue weighted by Crippen LogP contribution is -2.00. The Kier molecular flexibility index (Phi) is 6.63. The SMILES string of the molecule is [N-]=[N+]=NCCCCCOc1cccc(CN)c1. The summed E-state index contributed by atoms with van der Waals surface area (Å²) in [5, 5.41) is 3.48. The molecule has 5 nitrogen and oxygen atoms in total. The van der Waals surface area contributed by atoms with Crippen LogP contribution >= 0.6 is 0 Å². The lowest BCUT2D eigenvalue weighted by atomic mass is 10.2. The highest BCUT2D eigenvalue weighted by Crippen LogP contribution is 2.13. The average molecular weight is 234 g/mol. The Morgan fingerprint density at radius 1 is 1.29 bits per heavy atom. The second kappa shape index (κ2) is 8.44. The zero-order valence-corrected chi connectivity index (χ0v) is 9.88. The van der Waals surface area contributed by atoms with Crippen molar-refractivity contribution in [2.45, 2.75) is 25.8 Å². The zero-order chi connectivity index (χ0) is 12.3. The second-order valence-electron chi connectivity index (χ2n) is 3.72. The van der Waals surface area contributed by atoms with Gasteiger partial charge in [0.05, 0.1) is 6.61 Å². The molecule has 17 heavy (non-hydrogen) atoms. The van der Waals surface area contributed by atoms with Crippen LogP contribution in [0.1, 0.15) is 24.8 Å². The molecule has 0 heterocycles. The van der Waals surface area contributed by atoms with Gasteiger partial charge in [0.2, 0.25) is 0 Å². The lowest BCUT2D eigenvalue weighted by molar-refractivity contribution is 0.305. The summed E-state index contributed by atoms with van der Waals surface area (Å²) in [6, 6.07) is 7.81. The van der Waals surface area contributed by atoms with Gasteiger partial charge in [-0.15, -0.1) is 0 Å². The minimum Gasteiger partial charge on any atom is -0.494 e. The Bertz CT molecular complexity index is 375. The summed E-state index contributed by atoms with van der Waals surface area (Å²) in [7, 11) is 0. The van der Waals surface area contributed by atoms with Gasteiger partial charge in [0, 0.05) is 18.0 Å². The van der Waals surface area contributed by atoms with E-state index in [-0.39, 0.29) is 0 Å². The minimum absolute atomic E-state index is 0.531. The van der Waals surface area contributed by atoms with Gasteiger partial charge in [-0.05, 0) is 42.5 Å². The third-order valence-corrected chi connectivity index (χ3v) is 2.37. The minimum atomic E-state index is 0.531. The number of nitrogens with two attached hydrogens (primary N) is 1. The van der Waals surface area contributed by atoms with Crippen LogP contribution in [-0.2, 0) is 6.54 Å². The Balaban J connectivity index is 2.15. The molecule has 5 heteroatoms. The summed E-state index contributed by atoms with van der Waals surface area (Å²) in [4.78, 5) is 2.70. The van der Waals surface area contributed by atoms with Gasteiger partial charge in [-0.2, -0.15) is 0 Å². The van der Waals surface area contributed by atoms with Crippen LogP contribution in [0.15, 0.2) is 29.4 Å². The van der Waals surface area contributed by atoms with Crippen molar-refractivity contribution < 1.29 is 4.74 Å². The van der Waals surface area contributed by atoms with Crippen molar-refractivity contribution in [3.8, 4) is 5.75 Å². The maximum absolute atomic E-state index is 8.09. The van der Waals surface area contributed by atoms with Crippen LogP contribution in [0.4, 0.5) is 0 Å². The molecule has 92 valence electrons. The van der Waals surface area contributed by atoms with Crippen molar-refractivity contribution >= 4 is 0 Å². The highest BCUT2D eigenvalue weighted by atomic mass is 16.5. The molecule has 0 spiro atoms. The molecular formula is C12H18N4O. The van der Waals surface area contributed by atoms with Gasteiger partial charge in [0.25, 0.3) is 0 Å². The van der Waals surface area contributed by atoms with E-state index in [9.17, 15) is 0 Å². The molecule has 0 aliphatic heterocycles. The normalized spacial score (nSPS) is 9.71. The van der Waals surface area contributed by atoms with Crippen LogP contribution in [0.25, 0.3) is 10.4 Å². The molecule has 1 rings (SSSR count). The van der Waals surface area contributed by atoms with Crippen LogP contribution in [0.5, 0.6) is 5.75 Å². The second-order valence-corrected chi connectivity index (χ2v) is 3.72. The van der Waals surface area contributed by atoms with Gasteiger partial charge in [-0.3, -0.25) is 0 Å². The number of ether oxygens (including phenoxy) is 1. The molecule has 0 saturated heterocycles. The molecule has 2 N–H and O–H groups in total.